The molecule has 0 amide bonds. The second-order valence-electron chi connectivity index (χ2n) is 18.1. The van der Waals surface area contributed by atoms with E-state index < -0.39 is 0 Å². The summed E-state index contributed by atoms with van der Waals surface area (Å²) in [6.07, 6.45) is 0. The molecule has 1 heterocycles. The van der Waals surface area contributed by atoms with Crippen molar-refractivity contribution < 1.29 is 0 Å². The van der Waals surface area contributed by atoms with E-state index in [2.05, 4.69) is 267 Å². The number of hydrogen-bond donors (Lipinski definition) is 0. The van der Waals surface area contributed by atoms with Gasteiger partial charge in [0.25, 0.3) is 0 Å². The summed E-state index contributed by atoms with van der Waals surface area (Å²) in [5.74, 6) is 0. The lowest BCUT2D eigenvalue weighted by Gasteiger charge is -2.29. The SMILES string of the molecule is CC1(c2ccccc2)c2ccccc2-c2c(-c3ccc(N(c4ccc(-c5cccc6sc7ccccc7c56)cc4)c4ccccc4-c4cccc5cccc(-c6ccccc6)c45)cc3)cccc21. The molecular weight excluding hydrogens is 839 g/mol. The number of benzene rings is 11. The van der Waals surface area contributed by atoms with Crippen molar-refractivity contribution in [3.05, 3.63) is 271 Å². The van der Waals surface area contributed by atoms with Crippen LogP contribution in [0.4, 0.5) is 17.1 Å². The summed E-state index contributed by atoms with van der Waals surface area (Å²) in [7, 11) is 0. The Hall–Kier alpha value is -8.30. The standard InChI is InChI=1S/C66H45NS/c1-66(48-22-6-3-7-23-48)58-31-11-8-25-56(58)64-52(28-16-32-59(64)66)45-36-40-49(41-37-45)67(50-42-38-46(39-43-50)53-29-17-35-62-65(53)57-26-10-13-34-61(57)68-62)60-33-12-9-24-54(60)55-30-15-21-47-20-14-27-51(63(47)55)44-18-4-2-5-19-44/h2-43H,1H3. The highest BCUT2D eigenvalue weighted by atomic mass is 32.1. The molecule has 11 aromatic carbocycles. The van der Waals surface area contributed by atoms with Crippen LogP contribution in [0.1, 0.15) is 23.6 Å². The Bertz CT molecular complexity index is 3840. The molecule has 12 aromatic rings. The Labute approximate surface area is 401 Å². The van der Waals surface area contributed by atoms with E-state index in [1.54, 1.807) is 0 Å². The fraction of sp³-hybridized carbons (Fsp3) is 0.0303. The van der Waals surface area contributed by atoms with E-state index in [4.69, 9.17) is 0 Å². The van der Waals surface area contributed by atoms with Crippen molar-refractivity contribution in [3.63, 3.8) is 0 Å². The maximum Gasteiger partial charge on any atom is 0.0540 e. The number of thiophene rings is 1. The number of hydrogen-bond acceptors (Lipinski definition) is 2. The summed E-state index contributed by atoms with van der Waals surface area (Å²) in [5.41, 5.74) is 19.4. The van der Waals surface area contributed by atoms with E-state index >= 15 is 0 Å². The minimum Gasteiger partial charge on any atom is -0.310 e. The van der Waals surface area contributed by atoms with Gasteiger partial charge in [-0.15, -0.1) is 11.3 Å². The molecule has 13 rings (SSSR count). The van der Waals surface area contributed by atoms with Gasteiger partial charge >= 0.3 is 0 Å². The number of nitrogens with zero attached hydrogens (tertiary/aromatic N) is 1. The van der Waals surface area contributed by atoms with Crippen LogP contribution in [0.2, 0.25) is 0 Å². The van der Waals surface area contributed by atoms with Crippen LogP contribution >= 0.6 is 11.3 Å². The van der Waals surface area contributed by atoms with E-state index in [-0.39, 0.29) is 5.41 Å². The van der Waals surface area contributed by atoms with Gasteiger partial charge in [-0.3, -0.25) is 0 Å². The third-order valence-corrected chi connectivity index (χ3v) is 15.5. The number of fused-ring (bicyclic) bond motifs is 7. The first-order chi connectivity index (χ1) is 33.6. The minimum atomic E-state index is -0.264. The molecule has 0 aliphatic heterocycles. The molecule has 1 atom stereocenters. The first-order valence-corrected chi connectivity index (χ1v) is 24.3. The Morgan fingerprint density at radius 1 is 0.338 bits per heavy atom. The van der Waals surface area contributed by atoms with Crippen molar-refractivity contribution in [1.82, 2.24) is 0 Å². The lowest BCUT2D eigenvalue weighted by atomic mass is 9.74. The molecule has 0 N–H and O–H groups in total. The zero-order valence-electron chi connectivity index (χ0n) is 37.6. The average Bonchev–Trinajstić information content (AvgIpc) is 3.93. The summed E-state index contributed by atoms with van der Waals surface area (Å²) in [5, 5.41) is 5.10. The fourth-order valence-electron chi connectivity index (χ4n) is 11.2. The fourth-order valence-corrected chi connectivity index (χ4v) is 12.3. The molecule has 0 fully saturated rings. The van der Waals surface area contributed by atoms with Crippen molar-refractivity contribution in [1.29, 1.82) is 0 Å². The van der Waals surface area contributed by atoms with Crippen molar-refractivity contribution in [2.24, 2.45) is 0 Å². The molecule has 1 aromatic heterocycles. The summed E-state index contributed by atoms with van der Waals surface area (Å²) in [6, 6.07) is 94.0. The van der Waals surface area contributed by atoms with Gasteiger partial charge in [-0.2, -0.15) is 0 Å². The summed E-state index contributed by atoms with van der Waals surface area (Å²) < 4.78 is 2.63. The van der Waals surface area contributed by atoms with E-state index in [0.717, 1.165) is 17.1 Å². The second kappa shape index (κ2) is 16.2. The van der Waals surface area contributed by atoms with Gasteiger partial charge in [0.15, 0.2) is 0 Å². The Morgan fingerprint density at radius 2 is 0.838 bits per heavy atom. The molecule has 0 bridgehead atoms. The lowest BCUT2D eigenvalue weighted by Crippen LogP contribution is -2.22. The Kier molecular flexibility index (Phi) is 9.56. The van der Waals surface area contributed by atoms with Gasteiger partial charge in [-0.25, -0.2) is 0 Å². The smallest absolute Gasteiger partial charge is 0.0540 e. The van der Waals surface area contributed by atoms with Gasteiger partial charge < -0.3 is 4.90 Å². The van der Waals surface area contributed by atoms with Crippen molar-refractivity contribution in [3.8, 4) is 55.6 Å². The van der Waals surface area contributed by atoms with Gasteiger partial charge in [0.2, 0.25) is 0 Å². The monoisotopic (exact) mass is 883 g/mol. The van der Waals surface area contributed by atoms with Crippen molar-refractivity contribution in [2.75, 3.05) is 4.90 Å². The summed E-state index contributed by atoms with van der Waals surface area (Å²) >= 11 is 1.87. The van der Waals surface area contributed by atoms with Gasteiger partial charge in [0.05, 0.1) is 5.69 Å². The lowest BCUT2D eigenvalue weighted by molar-refractivity contribution is 0.714. The molecule has 320 valence electrons. The van der Waals surface area contributed by atoms with Crippen LogP contribution in [0.3, 0.4) is 0 Å². The van der Waals surface area contributed by atoms with Crippen LogP contribution in [0.15, 0.2) is 255 Å². The van der Waals surface area contributed by atoms with Crippen LogP contribution in [-0.2, 0) is 5.41 Å². The van der Waals surface area contributed by atoms with Crippen LogP contribution < -0.4 is 4.90 Å². The molecule has 1 nitrogen and oxygen atoms in total. The normalized spacial score (nSPS) is 14.0. The molecule has 0 spiro atoms. The molecule has 1 aliphatic carbocycles. The van der Waals surface area contributed by atoms with Crippen LogP contribution in [0.5, 0.6) is 0 Å². The molecule has 0 radical (unpaired) electrons. The molecule has 1 aliphatic rings. The number of rotatable bonds is 8. The van der Waals surface area contributed by atoms with Crippen LogP contribution in [0, 0.1) is 0 Å². The Morgan fingerprint density at radius 3 is 1.59 bits per heavy atom. The van der Waals surface area contributed by atoms with Crippen LogP contribution in [-0.4, -0.2) is 0 Å². The quantitative estimate of drug-likeness (QED) is 0.147. The van der Waals surface area contributed by atoms with Gasteiger partial charge in [0.1, 0.15) is 0 Å². The molecule has 0 saturated carbocycles. The van der Waals surface area contributed by atoms with E-state index in [9.17, 15) is 0 Å². The van der Waals surface area contributed by atoms with E-state index in [0.29, 0.717) is 0 Å². The molecule has 2 heteroatoms. The second-order valence-corrected chi connectivity index (χ2v) is 19.1. The Balaban J connectivity index is 0.979. The predicted molar refractivity (Wildman–Crippen MR) is 291 cm³/mol. The van der Waals surface area contributed by atoms with Crippen LogP contribution in [0.25, 0.3) is 86.6 Å². The highest BCUT2D eigenvalue weighted by molar-refractivity contribution is 7.25. The number of para-hydroxylation sites is 1. The zero-order chi connectivity index (χ0) is 45.2. The molecule has 0 saturated heterocycles. The van der Waals surface area contributed by atoms with Crippen molar-refractivity contribution in [2.45, 2.75) is 12.3 Å². The molecular formula is C66H45NS. The van der Waals surface area contributed by atoms with Gasteiger partial charge in [-0.1, -0.05) is 212 Å². The third kappa shape index (κ3) is 6.37. The topological polar surface area (TPSA) is 3.24 Å². The summed E-state index contributed by atoms with van der Waals surface area (Å²) in [6.45, 7) is 2.39. The maximum atomic E-state index is 2.45. The van der Waals surface area contributed by atoms with Gasteiger partial charge in [-0.05, 0) is 127 Å². The van der Waals surface area contributed by atoms with E-state index in [1.165, 1.54) is 103 Å². The highest BCUT2D eigenvalue weighted by Gasteiger charge is 2.41. The zero-order valence-corrected chi connectivity index (χ0v) is 38.4. The third-order valence-electron chi connectivity index (χ3n) is 14.4. The molecule has 1 unspecified atom stereocenters. The van der Waals surface area contributed by atoms with E-state index in [1.807, 2.05) is 11.3 Å². The van der Waals surface area contributed by atoms with Crippen molar-refractivity contribution >= 4 is 59.3 Å². The largest absolute Gasteiger partial charge is 0.310 e. The first-order valence-electron chi connectivity index (χ1n) is 23.5. The first kappa shape index (κ1) is 40.0. The summed E-state index contributed by atoms with van der Waals surface area (Å²) in [4.78, 5) is 2.45. The van der Waals surface area contributed by atoms with Gasteiger partial charge in [0, 0.05) is 42.5 Å². The maximum absolute atomic E-state index is 2.45. The predicted octanol–water partition coefficient (Wildman–Crippen LogP) is 18.7. The highest BCUT2D eigenvalue weighted by Crippen LogP contribution is 2.55. The average molecular weight is 884 g/mol. The number of anilines is 3. The molecule has 68 heavy (non-hydrogen) atoms. The minimum absolute atomic E-state index is 0.264.